The molecule has 0 aliphatic carbocycles. The summed E-state index contributed by atoms with van der Waals surface area (Å²) >= 11 is 1.29. The summed E-state index contributed by atoms with van der Waals surface area (Å²) in [5.74, 6) is 2.21. The van der Waals surface area contributed by atoms with E-state index in [9.17, 15) is 4.79 Å². The van der Waals surface area contributed by atoms with Gasteiger partial charge in [0.05, 0.1) is 17.4 Å². The fraction of sp³-hybridized carbons (Fsp3) is 0.519. The molecule has 4 saturated heterocycles. The number of fused-ring (bicyclic) bond motifs is 4. The first-order chi connectivity index (χ1) is 17.0. The first-order valence-electron chi connectivity index (χ1n) is 12.9. The van der Waals surface area contributed by atoms with Gasteiger partial charge in [0.1, 0.15) is 27.6 Å². The molecule has 5 aliphatic heterocycles. The van der Waals surface area contributed by atoms with Crippen molar-refractivity contribution in [1.29, 1.82) is 0 Å². The third-order valence-corrected chi connectivity index (χ3v) is 9.81. The van der Waals surface area contributed by atoms with Crippen LogP contribution in [-0.4, -0.2) is 52.1 Å². The number of nitrogen functional groups attached to an aromatic ring is 1. The van der Waals surface area contributed by atoms with Crippen LogP contribution in [0.4, 0.5) is 5.69 Å². The summed E-state index contributed by atoms with van der Waals surface area (Å²) in [5, 5.41) is 3.12. The highest BCUT2D eigenvalue weighted by Crippen LogP contribution is 2.48. The van der Waals surface area contributed by atoms with Crippen molar-refractivity contribution in [3.05, 3.63) is 46.1 Å². The van der Waals surface area contributed by atoms with Crippen molar-refractivity contribution in [3.8, 4) is 5.75 Å². The van der Waals surface area contributed by atoms with Crippen molar-refractivity contribution < 1.29 is 9.53 Å². The van der Waals surface area contributed by atoms with Crippen LogP contribution in [0.25, 0.3) is 10.3 Å². The minimum Gasteiger partial charge on any atom is -0.491 e. The summed E-state index contributed by atoms with van der Waals surface area (Å²) in [5.41, 5.74) is 10.6. The van der Waals surface area contributed by atoms with E-state index in [2.05, 4.69) is 38.4 Å². The quantitative estimate of drug-likeness (QED) is 0.577. The van der Waals surface area contributed by atoms with Crippen LogP contribution in [0.2, 0.25) is 0 Å². The number of amides is 1. The molecule has 35 heavy (non-hydrogen) atoms. The highest BCUT2D eigenvalue weighted by atomic mass is 32.1. The first-order valence-corrected chi connectivity index (χ1v) is 13.7. The predicted molar refractivity (Wildman–Crippen MR) is 137 cm³/mol. The highest BCUT2D eigenvalue weighted by Gasteiger charge is 2.45. The first kappa shape index (κ1) is 21.6. The number of carbonyl (C=O) groups excluding carboxylic acids is 1. The second kappa shape index (κ2) is 8.17. The van der Waals surface area contributed by atoms with Crippen LogP contribution in [0.15, 0.2) is 24.4 Å². The standard InChI is InChI=1S/C27H31N5O2S/c1-14-11-29-24-23(28)25(35-27(24)30-14)26(33)31-18-8-17-3-2-16(10-22(17)34-13-18)21-12-32-19-5-4-15(21)9-20(32)7-6-19/h2-3,10-11,15,18-21H,4-9,12-13,28H2,1H3,(H,31,33)/t15?,18-,19?,20?,21?/m1/s1. The van der Waals surface area contributed by atoms with Crippen molar-refractivity contribution in [3.63, 3.8) is 0 Å². The molecule has 1 amide bonds. The molecule has 182 valence electrons. The van der Waals surface area contributed by atoms with Gasteiger partial charge in [-0.3, -0.25) is 9.69 Å². The number of anilines is 1. The van der Waals surface area contributed by atoms with Gasteiger partial charge in [-0.1, -0.05) is 12.1 Å². The molecule has 0 spiro atoms. The van der Waals surface area contributed by atoms with Gasteiger partial charge in [-0.25, -0.2) is 9.97 Å². The third kappa shape index (κ3) is 3.61. The van der Waals surface area contributed by atoms with Crippen LogP contribution < -0.4 is 15.8 Å². The van der Waals surface area contributed by atoms with Crippen LogP contribution >= 0.6 is 11.3 Å². The maximum absolute atomic E-state index is 13.0. The lowest BCUT2D eigenvalue weighted by Gasteiger charge is -2.40. The Balaban J connectivity index is 1.06. The molecule has 7 nitrogen and oxygen atoms in total. The Morgan fingerprint density at radius 1 is 1.23 bits per heavy atom. The molecule has 8 rings (SSSR count). The van der Waals surface area contributed by atoms with E-state index < -0.39 is 0 Å². The molecule has 4 fully saturated rings. The van der Waals surface area contributed by atoms with E-state index in [1.165, 1.54) is 55.5 Å². The normalized spacial score (nSPS) is 31.1. The van der Waals surface area contributed by atoms with Gasteiger partial charge in [-0.05, 0) is 74.5 Å². The predicted octanol–water partition coefficient (Wildman–Crippen LogP) is 4.05. The Kier molecular flexibility index (Phi) is 5.03. The number of thiophene rings is 1. The van der Waals surface area contributed by atoms with Gasteiger partial charge in [0.2, 0.25) is 0 Å². The maximum Gasteiger partial charge on any atom is 0.263 e. The zero-order chi connectivity index (χ0) is 23.7. The lowest BCUT2D eigenvalue weighted by molar-refractivity contribution is 0.0920. The summed E-state index contributed by atoms with van der Waals surface area (Å²) < 4.78 is 6.19. The summed E-state index contributed by atoms with van der Waals surface area (Å²) in [4.78, 5) is 25.8. The molecule has 3 N–H and O–H groups in total. The molecule has 8 heteroatoms. The van der Waals surface area contributed by atoms with Gasteiger partial charge in [-0.15, -0.1) is 11.3 Å². The van der Waals surface area contributed by atoms with Crippen molar-refractivity contribution in [2.45, 2.75) is 69.5 Å². The number of aromatic nitrogens is 2. The Hall–Kier alpha value is -2.71. The van der Waals surface area contributed by atoms with Crippen molar-refractivity contribution >= 4 is 33.3 Å². The number of piperidine rings is 1. The largest absolute Gasteiger partial charge is 0.491 e. The van der Waals surface area contributed by atoms with Gasteiger partial charge in [0.15, 0.2) is 0 Å². The van der Waals surface area contributed by atoms with Crippen LogP contribution in [-0.2, 0) is 6.42 Å². The van der Waals surface area contributed by atoms with Gasteiger partial charge < -0.3 is 15.8 Å². The Morgan fingerprint density at radius 2 is 2.09 bits per heavy atom. The molecule has 0 radical (unpaired) electrons. The average Bonchev–Trinajstić information content (AvgIpc) is 3.28. The Morgan fingerprint density at radius 3 is 3.00 bits per heavy atom. The van der Waals surface area contributed by atoms with Crippen LogP contribution in [0.1, 0.15) is 64.5 Å². The number of nitrogens with two attached hydrogens (primary N) is 1. The van der Waals surface area contributed by atoms with E-state index in [1.54, 1.807) is 6.20 Å². The molecule has 2 aromatic heterocycles. The van der Waals surface area contributed by atoms with E-state index in [4.69, 9.17) is 10.5 Å². The Bertz CT molecular complexity index is 1320. The summed E-state index contributed by atoms with van der Waals surface area (Å²) in [6, 6.07) is 8.36. The maximum atomic E-state index is 13.0. The number of hydrogen-bond donors (Lipinski definition) is 2. The van der Waals surface area contributed by atoms with E-state index in [0.29, 0.717) is 33.4 Å². The lowest BCUT2D eigenvalue weighted by Crippen LogP contribution is -2.43. The van der Waals surface area contributed by atoms with Crippen LogP contribution in [0.3, 0.4) is 0 Å². The van der Waals surface area contributed by atoms with E-state index in [-0.39, 0.29) is 11.9 Å². The number of nitrogens with zero attached hydrogens (tertiary/aromatic N) is 3. The van der Waals surface area contributed by atoms with Crippen LogP contribution in [0.5, 0.6) is 5.75 Å². The summed E-state index contributed by atoms with van der Waals surface area (Å²) in [6.07, 6.45) is 9.31. The van der Waals surface area contributed by atoms with Crippen molar-refractivity contribution in [1.82, 2.24) is 20.2 Å². The van der Waals surface area contributed by atoms with Crippen molar-refractivity contribution in [2.24, 2.45) is 5.92 Å². The molecular formula is C27H31N5O2S. The average molecular weight is 490 g/mol. The molecule has 4 bridgehead atoms. The third-order valence-electron chi connectivity index (χ3n) is 8.72. The second-order valence-electron chi connectivity index (χ2n) is 10.8. The number of hydrogen-bond acceptors (Lipinski definition) is 7. The number of rotatable bonds is 3. The van der Waals surface area contributed by atoms with E-state index in [1.807, 2.05) is 6.92 Å². The number of carbonyl (C=O) groups is 1. The minimum absolute atomic E-state index is 0.0938. The van der Waals surface area contributed by atoms with Gasteiger partial charge >= 0.3 is 0 Å². The zero-order valence-electron chi connectivity index (χ0n) is 20.0. The topological polar surface area (TPSA) is 93.4 Å². The fourth-order valence-corrected chi connectivity index (χ4v) is 7.97. The second-order valence-corrected chi connectivity index (χ2v) is 11.8. The molecular weight excluding hydrogens is 458 g/mol. The minimum atomic E-state index is -0.184. The highest BCUT2D eigenvalue weighted by molar-refractivity contribution is 7.21. The molecule has 5 aliphatic rings. The lowest BCUT2D eigenvalue weighted by atomic mass is 9.76. The molecule has 3 aromatic rings. The van der Waals surface area contributed by atoms with Gasteiger partial charge in [-0.2, -0.15) is 0 Å². The summed E-state index contributed by atoms with van der Waals surface area (Å²) in [7, 11) is 0. The monoisotopic (exact) mass is 489 g/mol. The molecule has 6 atom stereocenters. The van der Waals surface area contributed by atoms with Gasteiger partial charge in [0.25, 0.3) is 5.91 Å². The number of aryl methyl sites for hydroxylation is 1. The summed E-state index contributed by atoms with van der Waals surface area (Å²) in [6.45, 7) is 3.55. The zero-order valence-corrected chi connectivity index (χ0v) is 20.8. The number of nitrogens with one attached hydrogen (secondary N) is 1. The van der Waals surface area contributed by atoms with E-state index in [0.717, 1.165) is 41.4 Å². The van der Waals surface area contributed by atoms with Crippen LogP contribution in [0, 0.1) is 12.8 Å². The SMILES string of the molecule is Cc1cnc2c(N)c(C(=O)N[C@H]3COc4cc(C5CN6C7CCC5CC6CC7)ccc4C3)sc2n1. The van der Waals surface area contributed by atoms with Gasteiger partial charge in [0, 0.05) is 24.8 Å². The molecule has 5 unspecified atom stereocenters. The van der Waals surface area contributed by atoms with Crippen molar-refractivity contribution in [2.75, 3.05) is 18.9 Å². The van der Waals surface area contributed by atoms with E-state index >= 15 is 0 Å². The molecule has 7 heterocycles. The number of benzene rings is 1. The molecule has 1 aromatic carbocycles. The fourth-order valence-electron chi connectivity index (χ4n) is 6.97. The number of ether oxygens (including phenoxy) is 1. The molecule has 0 saturated carbocycles. The smallest absolute Gasteiger partial charge is 0.263 e. The Labute approximate surface area is 209 Å².